The van der Waals surface area contributed by atoms with Crippen LogP contribution in [-0.4, -0.2) is 35.7 Å². The molecule has 3 rings (SSSR count). The Morgan fingerprint density at radius 2 is 1.89 bits per heavy atom. The van der Waals surface area contributed by atoms with Crippen molar-refractivity contribution in [1.29, 1.82) is 0 Å². The molecule has 0 spiro atoms. The first-order chi connectivity index (χ1) is 13.2. The molecule has 0 aliphatic carbocycles. The van der Waals surface area contributed by atoms with Crippen molar-refractivity contribution >= 4 is 22.8 Å². The fraction of sp³-hybridized carbons (Fsp3) is 0.364. The molecule has 142 valence electrons. The summed E-state index contributed by atoms with van der Waals surface area (Å²) in [7, 11) is 0. The maximum Gasteiger partial charge on any atom is 0.259 e. The maximum absolute atomic E-state index is 12.9. The maximum atomic E-state index is 12.9. The van der Waals surface area contributed by atoms with Crippen LogP contribution in [0.15, 0.2) is 53.5 Å². The van der Waals surface area contributed by atoms with Crippen molar-refractivity contribution in [3.63, 3.8) is 0 Å². The van der Waals surface area contributed by atoms with Gasteiger partial charge < -0.3 is 4.74 Å². The third-order valence-corrected chi connectivity index (χ3v) is 5.49. The van der Waals surface area contributed by atoms with Gasteiger partial charge in [-0.2, -0.15) is 0 Å². The molecule has 0 fully saturated rings. The van der Waals surface area contributed by atoms with Gasteiger partial charge in [0.1, 0.15) is 5.75 Å². The van der Waals surface area contributed by atoms with Crippen LogP contribution in [0.25, 0.3) is 0 Å². The Balaban J connectivity index is 1.58. The summed E-state index contributed by atoms with van der Waals surface area (Å²) >= 11 is 1.62. The van der Waals surface area contributed by atoms with E-state index in [-0.39, 0.29) is 5.91 Å². The van der Waals surface area contributed by atoms with Gasteiger partial charge in [0, 0.05) is 17.9 Å². The van der Waals surface area contributed by atoms with Crippen LogP contribution >= 0.6 is 11.8 Å². The number of amidine groups is 1. The SMILES string of the molecule is CCCCOc1ccc(C(=O)N2CCN=C2SCc2ccc(C)cc2)cc1. The van der Waals surface area contributed by atoms with Crippen LogP contribution in [0.2, 0.25) is 0 Å². The molecule has 0 N–H and O–H groups in total. The third kappa shape index (κ3) is 5.36. The molecule has 1 amide bonds. The molecule has 2 aromatic rings. The van der Waals surface area contributed by atoms with Crippen LogP contribution < -0.4 is 4.74 Å². The van der Waals surface area contributed by atoms with Crippen molar-refractivity contribution < 1.29 is 9.53 Å². The zero-order valence-corrected chi connectivity index (χ0v) is 16.8. The third-order valence-electron chi connectivity index (χ3n) is 4.40. The number of aliphatic imine (C=N–C) groups is 1. The van der Waals surface area contributed by atoms with E-state index in [0.717, 1.165) is 29.5 Å². The van der Waals surface area contributed by atoms with E-state index in [2.05, 4.69) is 43.1 Å². The van der Waals surface area contributed by atoms with Crippen molar-refractivity contribution in [2.75, 3.05) is 19.7 Å². The van der Waals surface area contributed by atoms with Crippen molar-refractivity contribution in [2.45, 2.75) is 32.4 Å². The molecule has 27 heavy (non-hydrogen) atoms. The van der Waals surface area contributed by atoms with Crippen molar-refractivity contribution in [2.24, 2.45) is 4.99 Å². The van der Waals surface area contributed by atoms with E-state index in [0.29, 0.717) is 25.3 Å². The first kappa shape index (κ1) is 19.5. The van der Waals surface area contributed by atoms with Gasteiger partial charge in [-0.3, -0.25) is 14.7 Å². The quantitative estimate of drug-likeness (QED) is 0.638. The van der Waals surface area contributed by atoms with Gasteiger partial charge in [-0.15, -0.1) is 0 Å². The lowest BCUT2D eigenvalue weighted by Gasteiger charge is -2.18. The summed E-state index contributed by atoms with van der Waals surface area (Å²) in [6.07, 6.45) is 2.14. The van der Waals surface area contributed by atoms with Gasteiger partial charge in [-0.05, 0) is 43.2 Å². The number of hydrogen-bond acceptors (Lipinski definition) is 4. The highest BCUT2D eigenvalue weighted by Gasteiger charge is 2.25. The molecule has 0 radical (unpaired) electrons. The van der Waals surface area contributed by atoms with Crippen molar-refractivity contribution in [3.8, 4) is 5.75 Å². The Kier molecular flexibility index (Phi) is 6.93. The summed E-state index contributed by atoms with van der Waals surface area (Å²) < 4.78 is 5.67. The van der Waals surface area contributed by atoms with Crippen LogP contribution in [0, 0.1) is 6.92 Å². The number of unbranched alkanes of at least 4 members (excludes halogenated alkanes) is 1. The fourth-order valence-corrected chi connectivity index (χ4v) is 3.76. The van der Waals surface area contributed by atoms with Crippen molar-refractivity contribution in [1.82, 2.24) is 4.90 Å². The number of rotatable bonds is 7. The molecule has 0 saturated heterocycles. The highest BCUT2D eigenvalue weighted by Crippen LogP contribution is 2.22. The minimum atomic E-state index is 0.00256. The summed E-state index contributed by atoms with van der Waals surface area (Å²) in [6, 6.07) is 15.9. The average Bonchev–Trinajstić information content (AvgIpc) is 3.16. The Labute approximate surface area is 165 Å². The van der Waals surface area contributed by atoms with E-state index >= 15 is 0 Å². The average molecular weight is 383 g/mol. The molecule has 0 bridgehead atoms. The molecule has 0 aromatic heterocycles. The lowest BCUT2D eigenvalue weighted by molar-refractivity contribution is 0.0860. The van der Waals surface area contributed by atoms with Gasteiger partial charge in [0.15, 0.2) is 5.17 Å². The van der Waals surface area contributed by atoms with Gasteiger partial charge >= 0.3 is 0 Å². The van der Waals surface area contributed by atoms with E-state index in [1.165, 1.54) is 11.1 Å². The van der Waals surface area contributed by atoms with Gasteiger partial charge in [-0.1, -0.05) is 54.9 Å². The molecule has 0 atom stereocenters. The fourth-order valence-electron chi connectivity index (χ4n) is 2.75. The van der Waals surface area contributed by atoms with Crippen LogP contribution in [0.5, 0.6) is 5.75 Å². The number of thioether (sulfide) groups is 1. The second-order valence-corrected chi connectivity index (χ2v) is 7.56. The number of benzene rings is 2. The van der Waals surface area contributed by atoms with Gasteiger partial charge in [0.25, 0.3) is 5.91 Å². The van der Waals surface area contributed by atoms with Gasteiger partial charge in [0.2, 0.25) is 0 Å². The highest BCUT2D eigenvalue weighted by molar-refractivity contribution is 8.13. The number of ether oxygens (including phenoxy) is 1. The summed E-state index contributed by atoms with van der Waals surface area (Å²) in [5.74, 6) is 1.62. The summed E-state index contributed by atoms with van der Waals surface area (Å²) in [5, 5.41) is 0.809. The monoisotopic (exact) mass is 382 g/mol. The molecule has 2 aromatic carbocycles. The molecular formula is C22H26N2O2S. The van der Waals surface area contributed by atoms with Gasteiger partial charge in [0.05, 0.1) is 13.2 Å². The van der Waals surface area contributed by atoms with E-state index in [1.807, 2.05) is 24.3 Å². The number of amides is 1. The number of aryl methyl sites for hydroxylation is 1. The van der Waals surface area contributed by atoms with E-state index < -0.39 is 0 Å². The zero-order chi connectivity index (χ0) is 19.1. The molecule has 5 heteroatoms. The zero-order valence-electron chi connectivity index (χ0n) is 16.0. The largest absolute Gasteiger partial charge is 0.494 e. The summed E-state index contributed by atoms with van der Waals surface area (Å²) in [4.78, 5) is 19.2. The summed E-state index contributed by atoms with van der Waals surface area (Å²) in [5.41, 5.74) is 3.16. The van der Waals surface area contributed by atoms with Crippen LogP contribution in [0.4, 0.5) is 0 Å². The first-order valence-electron chi connectivity index (χ1n) is 9.45. The standard InChI is InChI=1S/C22H26N2O2S/c1-3-4-15-26-20-11-9-19(10-12-20)21(25)24-14-13-23-22(24)27-16-18-7-5-17(2)6-8-18/h5-12H,3-4,13-16H2,1-2H3. The Bertz CT molecular complexity index is 785. The molecule has 0 unspecified atom stereocenters. The number of carbonyl (C=O) groups excluding carboxylic acids is 1. The second-order valence-electron chi connectivity index (χ2n) is 6.62. The Morgan fingerprint density at radius 3 is 2.59 bits per heavy atom. The predicted octanol–water partition coefficient (Wildman–Crippen LogP) is 4.92. The van der Waals surface area contributed by atoms with Crippen molar-refractivity contribution in [3.05, 3.63) is 65.2 Å². The van der Waals surface area contributed by atoms with Gasteiger partial charge in [-0.25, -0.2) is 0 Å². The molecule has 1 aliphatic heterocycles. The molecule has 1 heterocycles. The summed E-state index contributed by atoms with van der Waals surface area (Å²) in [6.45, 7) is 6.24. The molecular weight excluding hydrogens is 356 g/mol. The van der Waals surface area contributed by atoms with E-state index in [1.54, 1.807) is 16.7 Å². The molecule has 4 nitrogen and oxygen atoms in total. The smallest absolute Gasteiger partial charge is 0.259 e. The highest BCUT2D eigenvalue weighted by atomic mass is 32.2. The predicted molar refractivity (Wildman–Crippen MR) is 113 cm³/mol. The van der Waals surface area contributed by atoms with Crippen LogP contribution in [0.3, 0.4) is 0 Å². The Morgan fingerprint density at radius 1 is 1.15 bits per heavy atom. The molecule has 1 aliphatic rings. The Hall–Kier alpha value is -2.27. The van der Waals surface area contributed by atoms with E-state index in [4.69, 9.17) is 4.74 Å². The number of hydrogen-bond donors (Lipinski definition) is 0. The van der Waals surface area contributed by atoms with Crippen LogP contribution in [-0.2, 0) is 5.75 Å². The minimum Gasteiger partial charge on any atom is -0.494 e. The molecule has 0 saturated carbocycles. The minimum absolute atomic E-state index is 0.00256. The van der Waals surface area contributed by atoms with E-state index in [9.17, 15) is 4.79 Å². The number of carbonyl (C=O) groups is 1. The lowest BCUT2D eigenvalue weighted by Crippen LogP contribution is -2.32. The first-order valence-corrected chi connectivity index (χ1v) is 10.4. The number of nitrogens with zero attached hydrogens (tertiary/aromatic N) is 2. The topological polar surface area (TPSA) is 41.9 Å². The normalized spacial score (nSPS) is 13.6. The second kappa shape index (κ2) is 9.60. The lowest BCUT2D eigenvalue weighted by atomic mass is 10.2. The van der Waals surface area contributed by atoms with Crippen LogP contribution in [0.1, 0.15) is 41.3 Å².